The molecule has 0 radical (unpaired) electrons. The van der Waals surface area contributed by atoms with Gasteiger partial charge in [-0.1, -0.05) is 69.8 Å². The Morgan fingerprint density at radius 1 is 0.853 bits per heavy atom. The average Bonchev–Trinajstić information content (AvgIpc) is 3.04. The minimum absolute atomic E-state index is 0.0851. The molecule has 0 bridgehead atoms. The van der Waals surface area contributed by atoms with Crippen molar-refractivity contribution >= 4 is 26.8 Å². The number of imidazole rings is 1. The van der Waals surface area contributed by atoms with Crippen molar-refractivity contribution in [1.29, 1.82) is 0 Å². The van der Waals surface area contributed by atoms with E-state index < -0.39 is 10.1 Å². The van der Waals surface area contributed by atoms with Crippen molar-refractivity contribution in [1.82, 2.24) is 9.61 Å². The molecule has 0 N–H and O–H groups in total. The van der Waals surface area contributed by atoms with Gasteiger partial charge in [0.2, 0.25) is 5.52 Å². The van der Waals surface area contributed by atoms with Gasteiger partial charge in [-0.25, -0.2) is 13.0 Å². The van der Waals surface area contributed by atoms with Crippen LogP contribution in [0.1, 0.15) is 22.4 Å². The molecule has 7 heteroatoms. The number of aromatic nitrogens is 3. The van der Waals surface area contributed by atoms with Crippen molar-refractivity contribution in [3.63, 3.8) is 0 Å². The zero-order chi connectivity index (χ0) is 24.6. The number of benzene rings is 3. The Morgan fingerprint density at radius 3 is 2.06 bits per heavy atom. The van der Waals surface area contributed by atoms with Crippen LogP contribution >= 0.6 is 0 Å². The average molecular weight is 474 g/mol. The summed E-state index contributed by atoms with van der Waals surface area (Å²) in [6.45, 7) is 7.19. The van der Waals surface area contributed by atoms with Crippen LogP contribution in [0.15, 0.2) is 77.7 Å². The number of rotatable bonds is 2. The molecule has 174 valence electrons. The predicted octanol–water partition coefficient (Wildman–Crippen LogP) is 4.80. The molecular formula is C27H27N3O3S. The van der Waals surface area contributed by atoms with Crippen molar-refractivity contribution in [2.24, 2.45) is 7.05 Å². The maximum atomic E-state index is 10.8. The first-order chi connectivity index (χ1) is 16.1. The van der Waals surface area contributed by atoms with Gasteiger partial charge in [-0.2, -0.15) is 0 Å². The number of fused-ring (bicyclic) bond motifs is 3. The number of hydrogen-bond acceptors (Lipinski definition) is 4. The second-order valence-corrected chi connectivity index (χ2v) is 9.83. The molecule has 3 aromatic carbocycles. The van der Waals surface area contributed by atoms with Gasteiger partial charge in [0.05, 0.1) is 17.6 Å². The maximum Gasteiger partial charge on any atom is 0.308 e. The fourth-order valence-electron chi connectivity index (χ4n) is 4.49. The Kier molecular flexibility index (Phi) is 6.25. The lowest BCUT2D eigenvalue weighted by Gasteiger charge is -2.14. The van der Waals surface area contributed by atoms with Crippen molar-refractivity contribution in [3.05, 3.63) is 95.2 Å². The van der Waals surface area contributed by atoms with Crippen LogP contribution in [0.2, 0.25) is 0 Å². The van der Waals surface area contributed by atoms with E-state index in [9.17, 15) is 13.0 Å². The van der Waals surface area contributed by atoms with E-state index in [0.29, 0.717) is 11.1 Å². The van der Waals surface area contributed by atoms with Crippen molar-refractivity contribution < 1.29 is 17.5 Å². The van der Waals surface area contributed by atoms with Crippen LogP contribution in [-0.2, 0) is 17.2 Å². The summed E-state index contributed by atoms with van der Waals surface area (Å²) in [5.74, 6) is 0. The summed E-state index contributed by atoms with van der Waals surface area (Å²) in [7, 11) is -2.24. The molecule has 34 heavy (non-hydrogen) atoms. The molecule has 0 unspecified atom stereocenters. The van der Waals surface area contributed by atoms with Crippen LogP contribution in [-0.4, -0.2) is 22.6 Å². The Labute approximate surface area is 199 Å². The van der Waals surface area contributed by atoms with E-state index in [1.807, 2.05) is 17.5 Å². The summed E-state index contributed by atoms with van der Waals surface area (Å²) in [6, 6.07) is 24.4. The van der Waals surface area contributed by atoms with E-state index in [-0.39, 0.29) is 4.90 Å². The summed E-state index contributed by atoms with van der Waals surface area (Å²) >= 11 is 0. The van der Waals surface area contributed by atoms with Crippen LogP contribution < -0.4 is 4.57 Å². The lowest BCUT2D eigenvalue weighted by Crippen LogP contribution is -2.27. The Hall–Kier alpha value is -3.55. The summed E-state index contributed by atoms with van der Waals surface area (Å²) in [4.78, 5) is -0.0851. The molecule has 0 saturated carbocycles. The Morgan fingerprint density at radius 2 is 1.44 bits per heavy atom. The maximum absolute atomic E-state index is 10.8. The standard InChI is InChI=1S/C18H16N3.C9H12O3S/c1-13-15(14-8-4-3-5-9-14)12-18-20(2)16-10-6-7-11-17(16)21(18)19-13;1-6-4-7(2)9(8(3)5-6)13(10,11)12/h3-12H,1-2H3;4-5H,1-3H3,(H,10,11,12)/q+1;/p-1. The lowest BCUT2D eigenvalue weighted by atomic mass is 10.1. The van der Waals surface area contributed by atoms with Gasteiger partial charge in [0.1, 0.15) is 10.1 Å². The summed E-state index contributed by atoms with van der Waals surface area (Å²) < 4.78 is 36.7. The van der Waals surface area contributed by atoms with Gasteiger partial charge in [-0.3, -0.25) is 0 Å². The first-order valence-corrected chi connectivity index (χ1v) is 12.3. The summed E-state index contributed by atoms with van der Waals surface area (Å²) in [5.41, 5.74) is 8.85. The van der Waals surface area contributed by atoms with Crippen molar-refractivity contribution in [3.8, 4) is 11.1 Å². The monoisotopic (exact) mass is 473 g/mol. The molecular weight excluding hydrogens is 446 g/mol. The van der Waals surface area contributed by atoms with E-state index in [4.69, 9.17) is 5.10 Å². The second kappa shape index (κ2) is 9.00. The summed E-state index contributed by atoms with van der Waals surface area (Å²) in [6.07, 6.45) is 0. The van der Waals surface area contributed by atoms with Crippen LogP contribution in [0.4, 0.5) is 0 Å². The molecule has 6 nitrogen and oxygen atoms in total. The quantitative estimate of drug-likeness (QED) is 0.272. The van der Waals surface area contributed by atoms with Gasteiger partial charge in [0, 0.05) is 11.6 Å². The van der Waals surface area contributed by atoms with Gasteiger partial charge in [-0.15, -0.1) is 0 Å². The van der Waals surface area contributed by atoms with Crippen LogP contribution in [0.5, 0.6) is 0 Å². The molecule has 0 aliphatic rings. The minimum Gasteiger partial charge on any atom is -0.744 e. The molecule has 5 rings (SSSR count). The number of para-hydroxylation sites is 2. The smallest absolute Gasteiger partial charge is 0.308 e. The van der Waals surface area contributed by atoms with Crippen molar-refractivity contribution in [2.75, 3.05) is 0 Å². The van der Waals surface area contributed by atoms with Crippen molar-refractivity contribution in [2.45, 2.75) is 32.6 Å². The molecule has 0 atom stereocenters. The fraction of sp³-hybridized carbons (Fsp3) is 0.185. The van der Waals surface area contributed by atoms with Gasteiger partial charge >= 0.3 is 5.65 Å². The number of hydrogen-bond donors (Lipinski definition) is 0. The summed E-state index contributed by atoms with van der Waals surface area (Å²) in [5, 5.41) is 4.80. The van der Waals surface area contributed by atoms with Crippen LogP contribution in [0.25, 0.3) is 27.8 Å². The molecule has 0 aliphatic carbocycles. The van der Waals surface area contributed by atoms with E-state index in [2.05, 4.69) is 73.1 Å². The van der Waals surface area contributed by atoms with Gasteiger partial charge in [0.25, 0.3) is 0 Å². The molecule has 0 spiro atoms. The molecule has 0 fully saturated rings. The topological polar surface area (TPSA) is 78.4 Å². The zero-order valence-electron chi connectivity index (χ0n) is 19.9. The highest BCUT2D eigenvalue weighted by atomic mass is 32.2. The van der Waals surface area contributed by atoms with Gasteiger partial charge < -0.3 is 4.55 Å². The second-order valence-electron chi connectivity index (χ2n) is 8.51. The van der Waals surface area contributed by atoms with E-state index in [1.54, 1.807) is 26.0 Å². The number of aryl methyl sites for hydroxylation is 5. The molecule has 0 aliphatic heterocycles. The zero-order valence-corrected chi connectivity index (χ0v) is 20.7. The van der Waals surface area contributed by atoms with E-state index in [1.165, 1.54) is 16.6 Å². The van der Waals surface area contributed by atoms with E-state index >= 15 is 0 Å². The minimum atomic E-state index is -4.33. The highest BCUT2D eigenvalue weighted by molar-refractivity contribution is 7.85. The fourth-order valence-corrected chi connectivity index (χ4v) is 5.39. The van der Waals surface area contributed by atoms with Gasteiger partial charge in [-0.05, 0) is 56.5 Å². The Bertz CT molecular complexity index is 1600. The number of nitrogens with zero attached hydrogens (tertiary/aromatic N) is 3. The third kappa shape index (κ3) is 4.44. The van der Waals surface area contributed by atoms with Crippen LogP contribution in [0, 0.1) is 27.7 Å². The van der Waals surface area contributed by atoms with Gasteiger partial charge in [0.15, 0.2) is 5.52 Å². The molecule has 0 amide bonds. The highest BCUT2D eigenvalue weighted by Gasteiger charge is 2.19. The SMILES string of the molecule is Cc1cc(C)c(S(=O)(=O)[O-])c(C)c1.Cc1nn2c3ccccc3[n+](C)c2cc1-c1ccccc1. The largest absolute Gasteiger partial charge is 0.744 e. The first kappa shape index (κ1) is 23.6. The molecule has 0 saturated heterocycles. The highest BCUT2D eigenvalue weighted by Crippen LogP contribution is 2.24. The van der Waals surface area contributed by atoms with Crippen LogP contribution in [0.3, 0.4) is 0 Å². The third-order valence-electron chi connectivity index (χ3n) is 5.88. The first-order valence-electron chi connectivity index (χ1n) is 10.9. The Balaban J connectivity index is 0.000000182. The predicted molar refractivity (Wildman–Crippen MR) is 133 cm³/mol. The molecule has 5 aromatic rings. The van der Waals surface area contributed by atoms with E-state index in [0.717, 1.165) is 22.4 Å². The normalized spacial score (nSPS) is 11.5. The molecule has 2 heterocycles. The molecule has 2 aromatic heterocycles. The lowest BCUT2D eigenvalue weighted by molar-refractivity contribution is -0.618. The third-order valence-corrected chi connectivity index (χ3v) is 7.03.